The zero-order valence-corrected chi connectivity index (χ0v) is 11.7. The topological polar surface area (TPSA) is 79.5 Å². The first-order chi connectivity index (χ1) is 9.38. The highest BCUT2D eigenvalue weighted by atomic mass is 16.4. The number of fused-ring (bicyclic) bond motifs is 1. The van der Waals surface area contributed by atoms with E-state index in [1.54, 1.807) is 6.26 Å². The summed E-state index contributed by atoms with van der Waals surface area (Å²) in [6.07, 6.45) is 1.65. The molecule has 1 aromatic heterocycles. The van der Waals surface area contributed by atoms with Crippen molar-refractivity contribution in [1.29, 1.82) is 0 Å². The number of carbonyl (C=O) groups excluding carboxylic acids is 1. The summed E-state index contributed by atoms with van der Waals surface area (Å²) in [5.41, 5.74) is 3.75. The van der Waals surface area contributed by atoms with Crippen LogP contribution in [-0.4, -0.2) is 23.0 Å². The van der Waals surface area contributed by atoms with Gasteiger partial charge in [0.15, 0.2) is 0 Å². The molecule has 2 rings (SSSR count). The maximum atomic E-state index is 11.8. The van der Waals surface area contributed by atoms with Crippen molar-refractivity contribution < 1.29 is 19.1 Å². The molecule has 5 nitrogen and oxygen atoms in total. The Morgan fingerprint density at radius 3 is 2.60 bits per heavy atom. The van der Waals surface area contributed by atoms with E-state index in [0.29, 0.717) is 0 Å². The first-order valence-corrected chi connectivity index (χ1v) is 6.38. The van der Waals surface area contributed by atoms with Gasteiger partial charge in [-0.1, -0.05) is 0 Å². The van der Waals surface area contributed by atoms with Crippen LogP contribution < -0.4 is 5.32 Å². The first-order valence-electron chi connectivity index (χ1n) is 6.38. The number of carbonyl (C=O) groups is 2. The molecular formula is C15H17NO4. The van der Waals surface area contributed by atoms with Crippen LogP contribution in [0, 0.1) is 13.8 Å². The van der Waals surface area contributed by atoms with Crippen LogP contribution in [0.2, 0.25) is 0 Å². The van der Waals surface area contributed by atoms with Gasteiger partial charge in [0.05, 0.1) is 12.7 Å². The Bertz CT molecular complexity index is 672. The number of furan rings is 1. The molecule has 5 heteroatoms. The zero-order valence-electron chi connectivity index (χ0n) is 11.7. The van der Waals surface area contributed by atoms with Crippen molar-refractivity contribution in [1.82, 2.24) is 5.32 Å². The summed E-state index contributed by atoms with van der Waals surface area (Å²) >= 11 is 0. The summed E-state index contributed by atoms with van der Waals surface area (Å²) in [6.45, 7) is 5.43. The number of aryl methyl sites for hydroxylation is 2. The maximum Gasteiger partial charge on any atom is 0.325 e. The highest BCUT2D eigenvalue weighted by molar-refractivity contribution is 5.90. The number of benzene rings is 1. The lowest BCUT2D eigenvalue weighted by molar-refractivity contribution is -0.141. The van der Waals surface area contributed by atoms with Crippen LogP contribution in [0.4, 0.5) is 0 Å². The largest absolute Gasteiger partial charge is 0.480 e. The molecule has 0 aliphatic rings. The lowest BCUT2D eigenvalue weighted by Crippen LogP contribution is -2.39. The van der Waals surface area contributed by atoms with E-state index in [-0.39, 0.29) is 12.3 Å². The van der Waals surface area contributed by atoms with Gasteiger partial charge in [0.1, 0.15) is 11.6 Å². The van der Waals surface area contributed by atoms with Crippen LogP contribution in [-0.2, 0) is 16.0 Å². The minimum absolute atomic E-state index is 0.104. The Kier molecular flexibility index (Phi) is 3.79. The number of rotatable bonds is 4. The van der Waals surface area contributed by atoms with Crippen molar-refractivity contribution in [3.63, 3.8) is 0 Å². The molecule has 0 aliphatic heterocycles. The molecule has 0 unspecified atom stereocenters. The van der Waals surface area contributed by atoms with Gasteiger partial charge in [-0.15, -0.1) is 0 Å². The number of amides is 1. The number of hydrogen-bond donors (Lipinski definition) is 2. The average molecular weight is 275 g/mol. The second-order valence-corrected chi connectivity index (χ2v) is 5.00. The van der Waals surface area contributed by atoms with Gasteiger partial charge in [0.25, 0.3) is 0 Å². The van der Waals surface area contributed by atoms with Crippen molar-refractivity contribution >= 4 is 22.8 Å². The normalized spacial score (nSPS) is 12.3. The molecule has 2 aromatic rings. The number of carboxylic acids is 1. The molecule has 106 valence electrons. The van der Waals surface area contributed by atoms with Gasteiger partial charge < -0.3 is 14.8 Å². The molecule has 1 amide bonds. The third-order valence-electron chi connectivity index (χ3n) is 3.37. The summed E-state index contributed by atoms with van der Waals surface area (Å²) in [4.78, 5) is 22.5. The summed E-state index contributed by atoms with van der Waals surface area (Å²) in [7, 11) is 0. The first kappa shape index (κ1) is 14.1. The van der Waals surface area contributed by atoms with Crippen molar-refractivity contribution in [3.8, 4) is 0 Å². The molecule has 0 radical (unpaired) electrons. The fraction of sp³-hybridized carbons (Fsp3) is 0.333. The molecule has 0 saturated carbocycles. The van der Waals surface area contributed by atoms with Crippen LogP contribution in [0.5, 0.6) is 0 Å². The Hall–Kier alpha value is -2.30. The summed E-state index contributed by atoms with van der Waals surface area (Å²) in [5.74, 6) is -1.39. The van der Waals surface area contributed by atoms with E-state index in [1.807, 2.05) is 26.0 Å². The second kappa shape index (κ2) is 5.36. The zero-order chi connectivity index (χ0) is 14.9. The van der Waals surface area contributed by atoms with Gasteiger partial charge in [-0.3, -0.25) is 9.59 Å². The summed E-state index contributed by atoms with van der Waals surface area (Å²) in [6, 6.07) is 3.02. The second-order valence-electron chi connectivity index (χ2n) is 5.00. The van der Waals surface area contributed by atoms with E-state index < -0.39 is 12.0 Å². The smallest absolute Gasteiger partial charge is 0.325 e. The molecule has 1 atom stereocenters. The van der Waals surface area contributed by atoms with E-state index >= 15 is 0 Å². The van der Waals surface area contributed by atoms with Crippen LogP contribution in [0.1, 0.15) is 23.6 Å². The number of hydrogen-bond acceptors (Lipinski definition) is 3. The van der Waals surface area contributed by atoms with Crippen molar-refractivity contribution in [3.05, 3.63) is 35.1 Å². The SMILES string of the molecule is Cc1cc2occ(CC(=O)N[C@@H](C)C(=O)O)c2cc1C. The standard InChI is InChI=1S/C15H17NO4/c1-8-4-12-11(7-20-13(12)5-9(8)2)6-14(17)16-10(3)15(18)19/h4-5,7,10H,6H2,1-3H3,(H,16,17)(H,18,19)/t10-/m0/s1. The van der Waals surface area contributed by atoms with Gasteiger partial charge in [-0.25, -0.2) is 0 Å². The summed E-state index contributed by atoms with van der Waals surface area (Å²) in [5, 5.41) is 12.1. The Morgan fingerprint density at radius 1 is 1.30 bits per heavy atom. The van der Waals surface area contributed by atoms with Crippen LogP contribution in [0.25, 0.3) is 11.0 Å². The Balaban J connectivity index is 2.20. The van der Waals surface area contributed by atoms with E-state index in [9.17, 15) is 9.59 Å². The predicted octanol–water partition coefficient (Wildman–Crippen LogP) is 2.18. The molecule has 2 N–H and O–H groups in total. The van der Waals surface area contributed by atoms with Crippen molar-refractivity contribution in [2.24, 2.45) is 0 Å². The molecule has 1 heterocycles. The average Bonchev–Trinajstić information content (AvgIpc) is 2.72. The van der Waals surface area contributed by atoms with Crippen LogP contribution >= 0.6 is 0 Å². The number of aliphatic carboxylic acids is 1. The summed E-state index contributed by atoms with van der Waals surface area (Å²) < 4.78 is 5.44. The van der Waals surface area contributed by atoms with Gasteiger partial charge in [-0.2, -0.15) is 0 Å². The minimum Gasteiger partial charge on any atom is -0.480 e. The van der Waals surface area contributed by atoms with Gasteiger partial charge in [0, 0.05) is 10.9 Å². The third-order valence-corrected chi connectivity index (χ3v) is 3.37. The van der Waals surface area contributed by atoms with E-state index in [0.717, 1.165) is 27.7 Å². The predicted molar refractivity (Wildman–Crippen MR) is 74.6 cm³/mol. The Morgan fingerprint density at radius 2 is 1.95 bits per heavy atom. The minimum atomic E-state index is -1.05. The third kappa shape index (κ3) is 2.82. The van der Waals surface area contributed by atoms with Crippen molar-refractivity contribution in [2.45, 2.75) is 33.2 Å². The Labute approximate surface area is 116 Å². The molecule has 0 spiro atoms. The molecule has 1 aromatic carbocycles. The van der Waals surface area contributed by atoms with E-state index in [2.05, 4.69) is 5.32 Å². The van der Waals surface area contributed by atoms with E-state index in [1.165, 1.54) is 6.92 Å². The molecular weight excluding hydrogens is 258 g/mol. The van der Waals surface area contributed by atoms with Crippen molar-refractivity contribution in [2.75, 3.05) is 0 Å². The lowest BCUT2D eigenvalue weighted by atomic mass is 10.0. The quantitative estimate of drug-likeness (QED) is 0.896. The van der Waals surface area contributed by atoms with Gasteiger partial charge in [-0.05, 0) is 44.0 Å². The molecule has 0 bridgehead atoms. The fourth-order valence-corrected chi connectivity index (χ4v) is 2.00. The molecule has 0 saturated heterocycles. The van der Waals surface area contributed by atoms with Gasteiger partial charge >= 0.3 is 5.97 Å². The van der Waals surface area contributed by atoms with Gasteiger partial charge in [0.2, 0.25) is 5.91 Å². The lowest BCUT2D eigenvalue weighted by Gasteiger charge is -2.08. The number of nitrogens with one attached hydrogen (secondary N) is 1. The monoisotopic (exact) mass is 275 g/mol. The maximum absolute atomic E-state index is 11.8. The highest BCUT2D eigenvalue weighted by Crippen LogP contribution is 2.25. The molecule has 20 heavy (non-hydrogen) atoms. The van der Waals surface area contributed by atoms with Crippen LogP contribution in [0.15, 0.2) is 22.8 Å². The van der Waals surface area contributed by atoms with E-state index in [4.69, 9.17) is 9.52 Å². The van der Waals surface area contributed by atoms with Crippen LogP contribution in [0.3, 0.4) is 0 Å². The number of carboxylic acid groups (broad SMARTS) is 1. The highest BCUT2D eigenvalue weighted by Gasteiger charge is 2.16. The molecule has 0 fully saturated rings. The fourth-order valence-electron chi connectivity index (χ4n) is 2.00. The molecule has 0 aliphatic carbocycles.